The Balaban J connectivity index is 1.60. The van der Waals surface area contributed by atoms with Crippen LogP contribution >= 0.6 is 15.9 Å². The molecule has 6 heteroatoms. The lowest BCUT2D eigenvalue weighted by Gasteiger charge is -2.21. The second-order valence-electron chi connectivity index (χ2n) is 5.90. The van der Waals surface area contributed by atoms with E-state index in [1.165, 1.54) is 5.56 Å². The molecule has 1 aromatic heterocycles. The minimum Gasteiger partial charge on any atom is -0.381 e. The van der Waals surface area contributed by atoms with E-state index in [1.54, 1.807) is 6.20 Å². The predicted molar refractivity (Wildman–Crippen MR) is 98.6 cm³/mol. The number of hydrogen-bond donors (Lipinski definition) is 2. The van der Waals surface area contributed by atoms with Crippen LogP contribution in [0.15, 0.2) is 41.0 Å². The van der Waals surface area contributed by atoms with Crippen LogP contribution in [0.1, 0.15) is 18.4 Å². The van der Waals surface area contributed by atoms with Gasteiger partial charge < -0.3 is 15.4 Å². The number of nitrogens with zero attached hydrogens (tertiary/aromatic N) is 1. The number of benzene rings is 1. The van der Waals surface area contributed by atoms with Crippen LogP contribution in [0.25, 0.3) is 0 Å². The molecule has 1 aliphatic rings. The molecule has 3 rings (SSSR count). The molecular formula is C18H20BrN3O2. The van der Waals surface area contributed by atoms with Gasteiger partial charge in [0.15, 0.2) is 0 Å². The van der Waals surface area contributed by atoms with Gasteiger partial charge in [-0.1, -0.05) is 22.0 Å². The van der Waals surface area contributed by atoms with Gasteiger partial charge in [-0.15, -0.1) is 0 Å². The van der Waals surface area contributed by atoms with Crippen LogP contribution in [-0.2, 0) is 9.53 Å². The number of amides is 1. The largest absolute Gasteiger partial charge is 0.381 e. The van der Waals surface area contributed by atoms with E-state index < -0.39 is 0 Å². The molecule has 1 fully saturated rings. The number of carbonyl (C=O) groups is 1. The zero-order valence-corrected chi connectivity index (χ0v) is 15.1. The smallest absolute Gasteiger partial charge is 0.227 e. The molecule has 24 heavy (non-hydrogen) atoms. The Morgan fingerprint density at radius 3 is 2.62 bits per heavy atom. The van der Waals surface area contributed by atoms with Crippen LogP contribution in [0, 0.1) is 12.8 Å². The summed E-state index contributed by atoms with van der Waals surface area (Å²) < 4.78 is 6.33. The third-order valence-electron chi connectivity index (χ3n) is 4.07. The van der Waals surface area contributed by atoms with Crippen LogP contribution in [0.4, 0.5) is 17.2 Å². The maximum atomic E-state index is 12.2. The van der Waals surface area contributed by atoms with Crippen LogP contribution < -0.4 is 10.6 Å². The second-order valence-corrected chi connectivity index (χ2v) is 6.75. The van der Waals surface area contributed by atoms with Crippen molar-refractivity contribution in [1.82, 2.24) is 4.98 Å². The van der Waals surface area contributed by atoms with Gasteiger partial charge in [-0.3, -0.25) is 4.79 Å². The van der Waals surface area contributed by atoms with Crippen molar-refractivity contribution in [2.75, 3.05) is 23.8 Å². The van der Waals surface area contributed by atoms with Crippen molar-refractivity contribution in [3.63, 3.8) is 0 Å². The average Bonchev–Trinajstić information content (AvgIpc) is 2.61. The Morgan fingerprint density at radius 1 is 1.21 bits per heavy atom. The fraction of sp³-hybridized carbons (Fsp3) is 0.333. The standard InChI is InChI=1S/C18H20BrN3O2/c1-12-2-3-14(10-16(12)19)21-17-5-4-15(11-20-17)22-18(23)13-6-8-24-9-7-13/h2-5,10-11,13H,6-9H2,1H3,(H,20,21)(H,22,23). The van der Waals surface area contributed by atoms with E-state index in [2.05, 4.69) is 31.5 Å². The third-order valence-corrected chi connectivity index (χ3v) is 4.92. The highest BCUT2D eigenvalue weighted by Gasteiger charge is 2.21. The Kier molecular flexibility index (Phi) is 5.48. The minimum absolute atomic E-state index is 0.0291. The van der Waals surface area contributed by atoms with E-state index in [0.717, 1.165) is 28.8 Å². The molecule has 5 nitrogen and oxygen atoms in total. The highest BCUT2D eigenvalue weighted by atomic mass is 79.9. The number of rotatable bonds is 4. The number of aromatic nitrogens is 1. The van der Waals surface area contributed by atoms with Crippen molar-refractivity contribution >= 4 is 39.0 Å². The summed E-state index contributed by atoms with van der Waals surface area (Å²) in [7, 11) is 0. The number of anilines is 3. The highest BCUT2D eigenvalue weighted by Crippen LogP contribution is 2.23. The summed E-state index contributed by atoms with van der Waals surface area (Å²) in [5.41, 5.74) is 2.85. The van der Waals surface area contributed by atoms with Gasteiger partial charge >= 0.3 is 0 Å². The predicted octanol–water partition coefficient (Wildman–Crippen LogP) is 4.26. The van der Waals surface area contributed by atoms with Gasteiger partial charge in [0.2, 0.25) is 5.91 Å². The molecule has 1 saturated heterocycles. The van der Waals surface area contributed by atoms with E-state index in [-0.39, 0.29) is 11.8 Å². The lowest BCUT2D eigenvalue weighted by atomic mass is 9.99. The number of pyridine rings is 1. The first kappa shape index (κ1) is 16.9. The van der Waals surface area contributed by atoms with Gasteiger partial charge in [-0.25, -0.2) is 4.98 Å². The van der Waals surface area contributed by atoms with Crippen molar-refractivity contribution in [2.24, 2.45) is 5.92 Å². The maximum Gasteiger partial charge on any atom is 0.227 e. The maximum absolute atomic E-state index is 12.2. The van der Waals surface area contributed by atoms with Crippen molar-refractivity contribution in [3.8, 4) is 0 Å². The molecule has 0 atom stereocenters. The fourth-order valence-electron chi connectivity index (χ4n) is 2.56. The molecule has 2 aromatic rings. The Bertz CT molecular complexity index is 713. The average molecular weight is 390 g/mol. The van der Waals surface area contributed by atoms with Gasteiger partial charge in [0.25, 0.3) is 0 Å². The molecule has 1 aliphatic heterocycles. The molecule has 2 N–H and O–H groups in total. The first-order valence-electron chi connectivity index (χ1n) is 7.99. The molecule has 126 valence electrons. The zero-order chi connectivity index (χ0) is 16.9. The Morgan fingerprint density at radius 2 is 1.96 bits per heavy atom. The van der Waals surface area contributed by atoms with Crippen molar-refractivity contribution < 1.29 is 9.53 Å². The third kappa shape index (κ3) is 4.33. The van der Waals surface area contributed by atoms with E-state index in [9.17, 15) is 4.79 Å². The summed E-state index contributed by atoms with van der Waals surface area (Å²) in [5.74, 6) is 0.805. The van der Waals surface area contributed by atoms with E-state index in [1.807, 2.05) is 37.3 Å². The SMILES string of the molecule is Cc1ccc(Nc2ccc(NC(=O)C3CCOCC3)cn2)cc1Br. The number of aryl methyl sites for hydroxylation is 1. The summed E-state index contributed by atoms with van der Waals surface area (Å²) >= 11 is 3.52. The summed E-state index contributed by atoms with van der Waals surface area (Å²) in [6, 6.07) is 9.76. The first-order valence-corrected chi connectivity index (χ1v) is 8.79. The van der Waals surface area contributed by atoms with E-state index in [0.29, 0.717) is 18.9 Å². The van der Waals surface area contributed by atoms with Crippen LogP contribution in [0.3, 0.4) is 0 Å². The van der Waals surface area contributed by atoms with Crippen molar-refractivity contribution in [3.05, 3.63) is 46.6 Å². The topological polar surface area (TPSA) is 63.2 Å². The molecule has 0 bridgehead atoms. The van der Waals surface area contributed by atoms with E-state index in [4.69, 9.17) is 4.74 Å². The minimum atomic E-state index is 0.0291. The van der Waals surface area contributed by atoms with Crippen LogP contribution in [0.2, 0.25) is 0 Å². The van der Waals surface area contributed by atoms with Crippen molar-refractivity contribution in [1.29, 1.82) is 0 Å². The second kappa shape index (κ2) is 7.77. The quantitative estimate of drug-likeness (QED) is 0.819. The molecule has 1 amide bonds. The van der Waals surface area contributed by atoms with Crippen LogP contribution in [-0.4, -0.2) is 24.1 Å². The molecule has 0 aliphatic carbocycles. The Labute approximate surface area is 149 Å². The molecule has 2 heterocycles. The first-order chi connectivity index (χ1) is 11.6. The number of nitrogens with one attached hydrogen (secondary N) is 2. The molecule has 1 aromatic carbocycles. The van der Waals surface area contributed by atoms with Crippen molar-refractivity contribution in [2.45, 2.75) is 19.8 Å². The summed E-state index contributed by atoms with van der Waals surface area (Å²) in [4.78, 5) is 16.6. The zero-order valence-electron chi connectivity index (χ0n) is 13.5. The van der Waals surface area contributed by atoms with Gasteiger partial charge in [-0.2, -0.15) is 0 Å². The number of halogens is 1. The number of carbonyl (C=O) groups excluding carboxylic acids is 1. The summed E-state index contributed by atoms with van der Waals surface area (Å²) in [6.07, 6.45) is 3.23. The molecule has 0 unspecified atom stereocenters. The van der Waals surface area contributed by atoms with Gasteiger partial charge in [-0.05, 0) is 49.6 Å². The monoisotopic (exact) mass is 389 g/mol. The molecule has 0 radical (unpaired) electrons. The van der Waals surface area contributed by atoms with Gasteiger partial charge in [0, 0.05) is 29.3 Å². The van der Waals surface area contributed by atoms with Crippen LogP contribution in [0.5, 0.6) is 0 Å². The van der Waals surface area contributed by atoms with Gasteiger partial charge in [0.05, 0.1) is 11.9 Å². The normalized spacial score (nSPS) is 15.1. The summed E-state index contributed by atoms with van der Waals surface area (Å²) in [5, 5.41) is 6.17. The lowest BCUT2D eigenvalue weighted by molar-refractivity contribution is -0.122. The number of hydrogen-bond acceptors (Lipinski definition) is 4. The molecule has 0 saturated carbocycles. The number of ether oxygens (including phenoxy) is 1. The lowest BCUT2D eigenvalue weighted by Crippen LogP contribution is -2.28. The van der Waals surface area contributed by atoms with E-state index >= 15 is 0 Å². The Hall–Kier alpha value is -1.92. The van der Waals surface area contributed by atoms with Gasteiger partial charge in [0.1, 0.15) is 5.82 Å². The fourth-order valence-corrected chi connectivity index (χ4v) is 2.94. The molecule has 0 spiro atoms. The summed E-state index contributed by atoms with van der Waals surface area (Å²) in [6.45, 7) is 3.36. The highest BCUT2D eigenvalue weighted by molar-refractivity contribution is 9.10. The molecular weight excluding hydrogens is 370 g/mol.